The highest BCUT2D eigenvalue weighted by atomic mass is 35.5. The van der Waals surface area contributed by atoms with Crippen molar-refractivity contribution in [1.82, 2.24) is 24.2 Å². The minimum absolute atomic E-state index is 0.0727. The lowest BCUT2D eigenvalue weighted by atomic mass is 9.98. The topological polar surface area (TPSA) is 112 Å². The van der Waals surface area contributed by atoms with Crippen LogP contribution in [0, 0.1) is 33.6 Å². The molecule has 2 aromatic carbocycles. The molecule has 1 aliphatic rings. The number of aryl methyl sites for hydroxylation is 6. The van der Waals surface area contributed by atoms with Crippen LogP contribution in [-0.4, -0.2) is 61.0 Å². The number of hydrogen-bond donors (Lipinski definition) is 1. The van der Waals surface area contributed by atoms with Crippen molar-refractivity contribution in [1.29, 1.82) is 0 Å². The van der Waals surface area contributed by atoms with E-state index in [2.05, 4.69) is 23.4 Å². The SMILES string of the molecule is Cc1cc(OCCCc2c3n(c4c(-c5c(C)nn(C)c5C)c(Cl)ccc24)CCCN(Cc2cc(C(=O)O)cc(OCCCC(C)C)n2)C3=O)cc(C)c1Cl. The summed E-state index contributed by atoms with van der Waals surface area (Å²) < 4.78 is 16.1. The first kappa shape index (κ1) is 39.2. The van der Waals surface area contributed by atoms with E-state index < -0.39 is 5.97 Å². The number of carboxylic acid groups (broad SMARTS) is 1. The lowest BCUT2D eigenvalue weighted by molar-refractivity contribution is 0.0695. The molecule has 0 fully saturated rings. The zero-order chi connectivity index (χ0) is 38.8. The molecule has 3 aromatic heterocycles. The van der Waals surface area contributed by atoms with Gasteiger partial charge in [-0.25, -0.2) is 9.78 Å². The largest absolute Gasteiger partial charge is 0.494 e. The normalized spacial score (nSPS) is 13.1. The minimum atomic E-state index is -1.08. The maximum atomic E-state index is 14.9. The van der Waals surface area contributed by atoms with Gasteiger partial charge in [-0.05, 0) is 107 Å². The molecule has 0 unspecified atom stereocenters. The van der Waals surface area contributed by atoms with E-state index in [4.69, 9.17) is 37.8 Å². The smallest absolute Gasteiger partial charge is 0.335 e. The third-order valence-electron chi connectivity index (χ3n) is 10.2. The van der Waals surface area contributed by atoms with Crippen LogP contribution >= 0.6 is 23.2 Å². The van der Waals surface area contributed by atoms with Gasteiger partial charge in [0, 0.05) is 53.4 Å². The van der Waals surface area contributed by atoms with Crippen LogP contribution in [0.3, 0.4) is 0 Å². The number of pyridine rings is 1. The number of nitrogens with zero attached hydrogens (tertiary/aromatic N) is 5. The van der Waals surface area contributed by atoms with Crippen molar-refractivity contribution in [3.63, 3.8) is 0 Å². The summed E-state index contributed by atoms with van der Waals surface area (Å²) in [6.07, 6.45) is 3.73. The van der Waals surface area contributed by atoms with Crippen LogP contribution in [0.1, 0.15) is 94.1 Å². The average molecular weight is 775 g/mol. The van der Waals surface area contributed by atoms with Gasteiger partial charge >= 0.3 is 5.97 Å². The lowest BCUT2D eigenvalue weighted by Gasteiger charge is -2.21. The first-order valence-electron chi connectivity index (χ1n) is 18.6. The summed E-state index contributed by atoms with van der Waals surface area (Å²) >= 11 is 13.5. The van der Waals surface area contributed by atoms with E-state index in [1.54, 1.807) is 4.90 Å². The molecule has 54 heavy (non-hydrogen) atoms. The molecule has 6 rings (SSSR count). The monoisotopic (exact) mass is 773 g/mol. The summed E-state index contributed by atoms with van der Waals surface area (Å²) in [6, 6.07) is 10.8. The molecular weight excluding hydrogens is 725 g/mol. The second kappa shape index (κ2) is 16.4. The maximum absolute atomic E-state index is 14.9. The molecule has 5 aromatic rings. The lowest BCUT2D eigenvalue weighted by Crippen LogP contribution is -2.31. The summed E-state index contributed by atoms with van der Waals surface area (Å²) in [4.78, 5) is 33.5. The Morgan fingerprint density at radius 2 is 1.69 bits per heavy atom. The molecule has 4 heterocycles. The summed E-state index contributed by atoms with van der Waals surface area (Å²) in [5.74, 6) is 0.316. The van der Waals surface area contributed by atoms with E-state index in [0.717, 1.165) is 73.7 Å². The zero-order valence-corrected chi connectivity index (χ0v) is 33.7. The Hall–Kier alpha value is -4.54. The molecule has 0 aliphatic carbocycles. The highest BCUT2D eigenvalue weighted by Gasteiger charge is 2.32. The number of carbonyl (C=O) groups is 2. The molecule has 0 saturated carbocycles. The predicted octanol–water partition coefficient (Wildman–Crippen LogP) is 9.55. The molecule has 0 spiro atoms. The second-order valence-electron chi connectivity index (χ2n) is 14.7. The molecule has 0 atom stereocenters. The quantitative estimate of drug-likeness (QED) is 0.112. The highest BCUT2D eigenvalue weighted by molar-refractivity contribution is 6.35. The Kier molecular flexibility index (Phi) is 11.9. The number of carboxylic acids is 1. The fourth-order valence-corrected chi connectivity index (χ4v) is 7.90. The molecule has 1 aliphatic heterocycles. The number of halogens is 2. The van der Waals surface area contributed by atoms with E-state index in [0.29, 0.717) is 67.9 Å². The fourth-order valence-electron chi connectivity index (χ4n) is 7.54. The standard InChI is InChI=1S/C42H49Cl2N5O5/c1-24(2)11-8-18-54-35-22-29(42(51)52)21-30(45-35)23-48-15-10-16-49-39-33(13-14-34(43)37(39)36-27(5)46-47(7)28(36)6)32(40(49)41(48)50)12-9-17-53-31-19-25(3)38(44)26(4)20-31/h13-14,19-22,24H,8-12,15-18,23H2,1-7H3,(H,51,52). The van der Waals surface area contributed by atoms with Gasteiger partial charge < -0.3 is 24.0 Å². The second-order valence-corrected chi connectivity index (χ2v) is 15.5. The number of rotatable bonds is 14. The molecule has 12 heteroatoms. The Morgan fingerprint density at radius 1 is 0.963 bits per heavy atom. The molecular formula is C42H49Cl2N5O5. The van der Waals surface area contributed by atoms with Crippen molar-refractivity contribution in [3.8, 4) is 22.8 Å². The average Bonchev–Trinajstić information content (AvgIpc) is 3.50. The van der Waals surface area contributed by atoms with Crippen LogP contribution in [-0.2, 0) is 26.6 Å². The first-order chi connectivity index (χ1) is 25.7. The molecule has 1 N–H and O–H groups in total. The van der Waals surface area contributed by atoms with Crippen molar-refractivity contribution in [3.05, 3.63) is 91.5 Å². The Labute approximate surface area is 327 Å². The summed E-state index contributed by atoms with van der Waals surface area (Å²) in [5, 5.41) is 16.9. The number of hydrogen-bond acceptors (Lipinski definition) is 6. The summed E-state index contributed by atoms with van der Waals surface area (Å²) in [5.41, 5.74) is 8.55. The van der Waals surface area contributed by atoms with E-state index >= 15 is 0 Å². The van der Waals surface area contributed by atoms with Gasteiger partial charge in [0.25, 0.3) is 5.91 Å². The third-order valence-corrected chi connectivity index (χ3v) is 11.1. The van der Waals surface area contributed by atoms with Gasteiger partial charge in [-0.3, -0.25) is 9.48 Å². The molecule has 0 saturated heterocycles. The van der Waals surface area contributed by atoms with Crippen molar-refractivity contribution in [2.75, 3.05) is 19.8 Å². The van der Waals surface area contributed by atoms with Crippen LogP contribution in [0.5, 0.6) is 11.6 Å². The minimum Gasteiger partial charge on any atom is -0.494 e. The Bertz CT molecular complexity index is 2200. The predicted molar refractivity (Wildman–Crippen MR) is 213 cm³/mol. The van der Waals surface area contributed by atoms with Gasteiger partial charge in [-0.1, -0.05) is 43.1 Å². The molecule has 0 radical (unpaired) electrons. The van der Waals surface area contributed by atoms with Gasteiger partial charge in [-0.2, -0.15) is 5.10 Å². The van der Waals surface area contributed by atoms with Crippen molar-refractivity contribution in [2.24, 2.45) is 13.0 Å². The van der Waals surface area contributed by atoms with Gasteiger partial charge in [0.2, 0.25) is 5.88 Å². The van der Waals surface area contributed by atoms with Crippen LogP contribution in [0.15, 0.2) is 36.4 Å². The number of carbonyl (C=O) groups excluding carboxylic acids is 1. The molecule has 1 amide bonds. The maximum Gasteiger partial charge on any atom is 0.335 e. The Balaban J connectivity index is 1.38. The summed E-state index contributed by atoms with van der Waals surface area (Å²) in [6.45, 7) is 14.3. The van der Waals surface area contributed by atoms with Gasteiger partial charge in [0.05, 0.1) is 47.2 Å². The number of amides is 1. The van der Waals surface area contributed by atoms with Crippen molar-refractivity contribution < 1.29 is 24.2 Å². The van der Waals surface area contributed by atoms with Crippen LogP contribution in [0.2, 0.25) is 10.0 Å². The van der Waals surface area contributed by atoms with Crippen molar-refractivity contribution in [2.45, 2.75) is 86.7 Å². The number of benzene rings is 2. The van der Waals surface area contributed by atoms with E-state index in [-0.39, 0.29) is 23.9 Å². The van der Waals surface area contributed by atoms with Crippen LogP contribution < -0.4 is 9.47 Å². The van der Waals surface area contributed by atoms with E-state index in [1.165, 1.54) is 12.1 Å². The third kappa shape index (κ3) is 8.10. The molecule has 10 nitrogen and oxygen atoms in total. The van der Waals surface area contributed by atoms with Crippen LogP contribution in [0.25, 0.3) is 22.0 Å². The van der Waals surface area contributed by atoms with E-state index in [9.17, 15) is 14.7 Å². The highest BCUT2D eigenvalue weighted by Crippen LogP contribution is 2.43. The Morgan fingerprint density at radius 3 is 2.35 bits per heavy atom. The first-order valence-corrected chi connectivity index (χ1v) is 19.4. The number of aromatic carboxylic acids is 1. The van der Waals surface area contributed by atoms with Crippen LogP contribution in [0.4, 0.5) is 0 Å². The number of aromatic nitrogens is 4. The number of ether oxygens (including phenoxy) is 2. The zero-order valence-electron chi connectivity index (χ0n) is 32.2. The molecule has 0 bridgehead atoms. The number of fused-ring (bicyclic) bond motifs is 3. The van der Waals surface area contributed by atoms with Gasteiger partial charge in [0.15, 0.2) is 0 Å². The van der Waals surface area contributed by atoms with E-state index in [1.807, 2.05) is 63.7 Å². The van der Waals surface area contributed by atoms with Gasteiger partial charge in [-0.15, -0.1) is 0 Å². The van der Waals surface area contributed by atoms with Gasteiger partial charge in [0.1, 0.15) is 11.4 Å². The molecule has 286 valence electrons. The fraction of sp³-hybridized carbons (Fsp3) is 0.429. The van der Waals surface area contributed by atoms with Crippen molar-refractivity contribution >= 4 is 46.0 Å². The summed E-state index contributed by atoms with van der Waals surface area (Å²) in [7, 11) is 1.92.